The first-order chi connectivity index (χ1) is 14.4. The molecule has 1 atom stereocenters. The maximum atomic E-state index is 12.7. The van der Waals surface area contributed by atoms with E-state index < -0.39 is 8.07 Å². The fraction of sp³-hybridized carbons (Fsp3) is 0.440. The number of amides is 1. The molecule has 162 valence electrons. The van der Waals surface area contributed by atoms with Gasteiger partial charge in [0.1, 0.15) is 0 Å². The van der Waals surface area contributed by atoms with Crippen molar-refractivity contribution in [3.8, 4) is 0 Å². The Balaban J connectivity index is 1.96. The van der Waals surface area contributed by atoms with E-state index in [4.69, 9.17) is 4.74 Å². The third-order valence-electron chi connectivity index (χ3n) is 5.46. The molecule has 2 aromatic carbocycles. The van der Waals surface area contributed by atoms with Gasteiger partial charge in [0.05, 0.1) is 14.7 Å². The zero-order valence-electron chi connectivity index (χ0n) is 18.5. The summed E-state index contributed by atoms with van der Waals surface area (Å²) in [7, 11) is -1.68. The highest BCUT2D eigenvalue weighted by atomic mass is 28.3. The molecule has 0 aromatic heterocycles. The molecule has 30 heavy (non-hydrogen) atoms. The van der Waals surface area contributed by atoms with Crippen molar-refractivity contribution >= 4 is 25.1 Å². The molecule has 0 aliphatic heterocycles. The van der Waals surface area contributed by atoms with Crippen molar-refractivity contribution in [2.75, 3.05) is 6.61 Å². The number of hydrogen-bond donors (Lipinski definition) is 1. The summed E-state index contributed by atoms with van der Waals surface area (Å²) in [5.74, 6) is 0.194. The highest BCUT2D eigenvalue weighted by Crippen LogP contribution is 2.25. The van der Waals surface area contributed by atoms with Crippen molar-refractivity contribution in [3.05, 3.63) is 66.2 Å². The first-order valence-corrected chi connectivity index (χ1v) is 14.1. The molecule has 1 amide bonds. The van der Waals surface area contributed by atoms with Crippen molar-refractivity contribution in [1.29, 1.82) is 0 Å². The van der Waals surface area contributed by atoms with E-state index in [1.165, 1.54) is 5.19 Å². The fourth-order valence-electron chi connectivity index (χ4n) is 3.90. The standard InChI is InChI=1S/C25H35NO3Si/c1-4-29-25(28)17-11-14-22(20-30(2,3)23-15-9-6-10-16-23)18-24(27)26-19-21-12-7-5-8-13-21/h5-10,12-13,15-16,22H,4,11,14,17-20H2,1-3H3,(H,26,27). The third-order valence-corrected chi connectivity index (χ3v) is 8.95. The molecule has 2 aromatic rings. The first kappa shape index (κ1) is 23.9. The molecule has 0 heterocycles. The van der Waals surface area contributed by atoms with Crippen LogP contribution in [0.4, 0.5) is 0 Å². The Bertz CT molecular complexity index is 777. The summed E-state index contributed by atoms with van der Waals surface area (Å²) in [6, 6.07) is 21.6. The van der Waals surface area contributed by atoms with Gasteiger partial charge in [0.15, 0.2) is 0 Å². The molecule has 0 saturated carbocycles. The van der Waals surface area contributed by atoms with Crippen LogP contribution in [0, 0.1) is 5.92 Å². The van der Waals surface area contributed by atoms with Gasteiger partial charge in [-0.2, -0.15) is 0 Å². The number of benzene rings is 2. The molecular weight excluding hydrogens is 390 g/mol. The molecule has 0 aliphatic rings. The van der Waals surface area contributed by atoms with Gasteiger partial charge in [0, 0.05) is 19.4 Å². The van der Waals surface area contributed by atoms with Crippen LogP contribution in [-0.2, 0) is 20.9 Å². The molecule has 5 heteroatoms. The van der Waals surface area contributed by atoms with Crippen LogP contribution in [0.25, 0.3) is 0 Å². The monoisotopic (exact) mass is 425 g/mol. The molecule has 0 aliphatic carbocycles. The minimum atomic E-state index is -1.68. The van der Waals surface area contributed by atoms with E-state index >= 15 is 0 Å². The van der Waals surface area contributed by atoms with Gasteiger partial charge in [-0.3, -0.25) is 9.59 Å². The molecule has 4 nitrogen and oxygen atoms in total. The number of rotatable bonds is 12. The van der Waals surface area contributed by atoms with Gasteiger partial charge in [-0.05, 0) is 31.2 Å². The van der Waals surface area contributed by atoms with Crippen molar-refractivity contribution in [2.45, 2.75) is 58.3 Å². The van der Waals surface area contributed by atoms with Crippen LogP contribution in [0.5, 0.6) is 0 Å². The molecule has 0 spiro atoms. The number of carbonyl (C=O) groups is 2. The summed E-state index contributed by atoms with van der Waals surface area (Å²) in [5, 5.41) is 4.47. The molecule has 0 bridgehead atoms. The second kappa shape index (κ2) is 12.3. The van der Waals surface area contributed by atoms with E-state index in [1.54, 1.807) is 0 Å². The summed E-state index contributed by atoms with van der Waals surface area (Å²) in [4.78, 5) is 24.4. The number of hydrogen-bond acceptors (Lipinski definition) is 3. The van der Waals surface area contributed by atoms with Crippen LogP contribution in [0.2, 0.25) is 19.1 Å². The zero-order chi connectivity index (χ0) is 21.8. The van der Waals surface area contributed by atoms with Crippen LogP contribution < -0.4 is 10.5 Å². The Hall–Kier alpha value is -2.40. The van der Waals surface area contributed by atoms with E-state index in [0.29, 0.717) is 26.0 Å². The van der Waals surface area contributed by atoms with E-state index in [9.17, 15) is 9.59 Å². The number of carbonyl (C=O) groups excluding carboxylic acids is 2. The Morgan fingerprint density at radius 3 is 2.27 bits per heavy atom. The molecule has 0 radical (unpaired) electrons. The number of ether oxygens (including phenoxy) is 1. The van der Waals surface area contributed by atoms with Crippen molar-refractivity contribution in [3.63, 3.8) is 0 Å². The molecule has 2 rings (SSSR count). The van der Waals surface area contributed by atoms with Gasteiger partial charge in [-0.15, -0.1) is 0 Å². The number of nitrogens with one attached hydrogen (secondary N) is 1. The van der Waals surface area contributed by atoms with Gasteiger partial charge in [-0.1, -0.05) is 85.0 Å². The van der Waals surface area contributed by atoms with Crippen LogP contribution in [0.3, 0.4) is 0 Å². The Kier molecular flexibility index (Phi) is 9.81. The summed E-state index contributed by atoms with van der Waals surface area (Å²) in [5.41, 5.74) is 1.10. The van der Waals surface area contributed by atoms with E-state index in [-0.39, 0.29) is 17.8 Å². The lowest BCUT2D eigenvalue weighted by atomic mass is 9.99. The summed E-state index contributed by atoms with van der Waals surface area (Å²) in [6.07, 6.45) is 2.54. The topological polar surface area (TPSA) is 55.4 Å². The predicted molar refractivity (Wildman–Crippen MR) is 125 cm³/mol. The largest absolute Gasteiger partial charge is 0.466 e. The van der Waals surface area contributed by atoms with E-state index in [1.807, 2.05) is 43.3 Å². The molecule has 0 fully saturated rings. The van der Waals surface area contributed by atoms with Crippen LogP contribution in [0.15, 0.2) is 60.7 Å². The lowest BCUT2D eigenvalue weighted by Crippen LogP contribution is -2.43. The maximum Gasteiger partial charge on any atom is 0.305 e. The molecule has 0 saturated heterocycles. The van der Waals surface area contributed by atoms with Crippen molar-refractivity contribution in [1.82, 2.24) is 5.32 Å². The van der Waals surface area contributed by atoms with Crippen molar-refractivity contribution in [2.24, 2.45) is 5.92 Å². The zero-order valence-corrected chi connectivity index (χ0v) is 19.5. The smallest absolute Gasteiger partial charge is 0.305 e. The SMILES string of the molecule is CCOC(=O)CCCC(CC(=O)NCc1ccccc1)C[Si](C)(C)c1ccccc1. The average molecular weight is 426 g/mol. The fourth-order valence-corrected chi connectivity index (χ4v) is 7.03. The lowest BCUT2D eigenvalue weighted by Gasteiger charge is -2.28. The van der Waals surface area contributed by atoms with Crippen molar-refractivity contribution < 1.29 is 14.3 Å². The van der Waals surface area contributed by atoms with Crippen LogP contribution in [-0.4, -0.2) is 26.6 Å². The highest BCUT2D eigenvalue weighted by Gasteiger charge is 2.28. The van der Waals surface area contributed by atoms with E-state index in [2.05, 4.69) is 42.7 Å². The van der Waals surface area contributed by atoms with Crippen LogP contribution >= 0.6 is 0 Å². The molecule has 1 N–H and O–H groups in total. The second-order valence-electron chi connectivity index (χ2n) is 8.48. The van der Waals surface area contributed by atoms with Gasteiger partial charge in [0.25, 0.3) is 0 Å². The first-order valence-electron chi connectivity index (χ1n) is 10.9. The summed E-state index contributed by atoms with van der Waals surface area (Å²) in [6.45, 7) is 7.52. The third kappa shape index (κ3) is 8.53. The second-order valence-corrected chi connectivity index (χ2v) is 13.2. The maximum absolute atomic E-state index is 12.7. The average Bonchev–Trinajstić information content (AvgIpc) is 2.73. The Labute approximate surface area is 182 Å². The number of esters is 1. The highest BCUT2D eigenvalue weighted by molar-refractivity contribution is 6.89. The lowest BCUT2D eigenvalue weighted by molar-refractivity contribution is -0.143. The quantitative estimate of drug-likeness (QED) is 0.397. The predicted octanol–water partition coefficient (Wildman–Crippen LogP) is 4.66. The van der Waals surface area contributed by atoms with E-state index in [0.717, 1.165) is 24.4 Å². The van der Waals surface area contributed by atoms with Gasteiger partial charge < -0.3 is 10.1 Å². The van der Waals surface area contributed by atoms with Gasteiger partial charge in [0.2, 0.25) is 5.91 Å². The Morgan fingerprint density at radius 1 is 1.00 bits per heavy atom. The molecular formula is C25H35NO3Si. The Morgan fingerprint density at radius 2 is 1.63 bits per heavy atom. The minimum absolute atomic E-state index is 0.0813. The van der Waals surface area contributed by atoms with Crippen LogP contribution in [0.1, 0.15) is 38.2 Å². The van der Waals surface area contributed by atoms with Gasteiger partial charge in [-0.25, -0.2) is 0 Å². The summed E-state index contributed by atoms with van der Waals surface area (Å²) < 4.78 is 5.05. The van der Waals surface area contributed by atoms with Gasteiger partial charge >= 0.3 is 5.97 Å². The summed E-state index contributed by atoms with van der Waals surface area (Å²) >= 11 is 0. The normalized spacial score (nSPS) is 12.2. The minimum Gasteiger partial charge on any atom is -0.466 e. The molecule has 1 unspecified atom stereocenters.